The molecule has 0 saturated carbocycles. The lowest BCUT2D eigenvalue weighted by Crippen LogP contribution is -2.12. The SMILES string of the molecule is CC(=O)c1ccc(Oc2ccccc2C(N)=O)nc1. The fourth-order valence-corrected chi connectivity index (χ4v) is 1.52. The number of nitrogens with two attached hydrogens (primary N) is 1. The average Bonchev–Trinajstić information content (AvgIpc) is 2.39. The molecule has 0 spiro atoms. The first kappa shape index (κ1) is 12.8. The summed E-state index contributed by atoms with van der Waals surface area (Å²) in [6.07, 6.45) is 1.42. The third-order valence-electron chi connectivity index (χ3n) is 2.51. The second-order valence-electron chi connectivity index (χ2n) is 3.90. The number of primary amides is 1. The summed E-state index contributed by atoms with van der Waals surface area (Å²) in [5.74, 6) is -0.0238. The van der Waals surface area contributed by atoms with E-state index in [-0.39, 0.29) is 11.3 Å². The summed E-state index contributed by atoms with van der Waals surface area (Å²) in [7, 11) is 0. The number of Topliss-reactive ketones (excluding diaryl/α,β-unsaturated/α-hetero) is 1. The number of rotatable bonds is 4. The Morgan fingerprint density at radius 3 is 2.47 bits per heavy atom. The normalized spacial score (nSPS) is 9.95. The lowest BCUT2D eigenvalue weighted by atomic mass is 10.2. The Bertz CT molecular complexity index is 621. The van der Waals surface area contributed by atoms with Gasteiger partial charge < -0.3 is 10.5 Å². The number of benzene rings is 1. The van der Waals surface area contributed by atoms with E-state index in [2.05, 4.69) is 4.98 Å². The van der Waals surface area contributed by atoms with Gasteiger partial charge in [0, 0.05) is 17.8 Å². The van der Waals surface area contributed by atoms with Crippen molar-refractivity contribution in [2.24, 2.45) is 5.73 Å². The number of ketones is 1. The maximum absolute atomic E-state index is 11.2. The van der Waals surface area contributed by atoms with Crippen LogP contribution in [0, 0.1) is 0 Å². The number of pyridine rings is 1. The van der Waals surface area contributed by atoms with Crippen molar-refractivity contribution >= 4 is 11.7 Å². The molecule has 0 atom stereocenters. The van der Waals surface area contributed by atoms with E-state index < -0.39 is 5.91 Å². The molecule has 1 aromatic carbocycles. The van der Waals surface area contributed by atoms with Crippen LogP contribution in [-0.2, 0) is 0 Å². The van der Waals surface area contributed by atoms with Crippen molar-refractivity contribution in [1.29, 1.82) is 0 Å². The van der Waals surface area contributed by atoms with Gasteiger partial charge in [-0.3, -0.25) is 9.59 Å². The van der Waals surface area contributed by atoms with Gasteiger partial charge in [0.15, 0.2) is 5.78 Å². The van der Waals surface area contributed by atoms with Gasteiger partial charge in [0.2, 0.25) is 5.88 Å². The summed E-state index contributed by atoms with van der Waals surface area (Å²) in [5.41, 5.74) is 6.02. The molecule has 1 heterocycles. The molecule has 0 fully saturated rings. The van der Waals surface area contributed by atoms with E-state index >= 15 is 0 Å². The number of hydrogen-bond acceptors (Lipinski definition) is 4. The van der Waals surface area contributed by atoms with Gasteiger partial charge in [-0.1, -0.05) is 12.1 Å². The van der Waals surface area contributed by atoms with Crippen molar-refractivity contribution in [2.45, 2.75) is 6.92 Å². The molecule has 96 valence electrons. The highest BCUT2D eigenvalue weighted by molar-refractivity contribution is 5.95. The first-order valence-electron chi connectivity index (χ1n) is 5.61. The van der Waals surface area contributed by atoms with Crippen molar-refractivity contribution in [3.05, 3.63) is 53.7 Å². The molecule has 0 radical (unpaired) electrons. The van der Waals surface area contributed by atoms with Crippen molar-refractivity contribution in [2.75, 3.05) is 0 Å². The van der Waals surface area contributed by atoms with E-state index in [4.69, 9.17) is 10.5 Å². The van der Waals surface area contributed by atoms with Gasteiger partial charge in [0.25, 0.3) is 5.91 Å². The van der Waals surface area contributed by atoms with Crippen LogP contribution < -0.4 is 10.5 Å². The predicted molar refractivity (Wildman–Crippen MR) is 69.3 cm³/mol. The highest BCUT2D eigenvalue weighted by atomic mass is 16.5. The minimum atomic E-state index is -0.573. The third kappa shape index (κ3) is 2.95. The minimum Gasteiger partial charge on any atom is -0.438 e. The summed E-state index contributed by atoms with van der Waals surface area (Å²) in [6, 6.07) is 9.79. The first-order valence-corrected chi connectivity index (χ1v) is 5.61. The lowest BCUT2D eigenvalue weighted by molar-refractivity contribution is 0.0994. The number of carbonyl (C=O) groups excluding carboxylic acids is 2. The second kappa shape index (κ2) is 5.30. The molecule has 0 aliphatic rings. The summed E-state index contributed by atoms with van der Waals surface area (Å²) in [6.45, 7) is 1.46. The van der Waals surface area contributed by atoms with Crippen LogP contribution in [0.5, 0.6) is 11.6 Å². The van der Waals surface area contributed by atoms with Gasteiger partial charge in [-0.05, 0) is 25.1 Å². The molecule has 0 unspecified atom stereocenters. The number of amides is 1. The Labute approximate surface area is 110 Å². The number of hydrogen-bond donors (Lipinski definition) is 1. The van der Waals surface area contributed by atoms with Gasteiger partial charge in [-0.2, -0.15) is 0 Å². The number of carbonyl (C=O) groups is 2. The van der Waals surface area contributed by atoms with Gasteiger partial charge >= 0.3 is 0 Å². The van der Waals surface area contributed by atoms with Crippen LogP contribution in [0.4, 0.5) is 0 Å². The van der Waals surface area contributed by atoms with Crippen LogP contribution in [0.3, 0.4) is 0 Å². The Morgan fingerprint density at radius 1 is 1.16 bits per heavy atom. The van der Waals surface area contributed by atoms with Crippen LogP contribution in [0.1, 0.15) is 27.6 Å². The summed E-state index contributed by atoms with van der Waals surface area (Å²) in [5, 5.41) is 0. The quantitative estimate of drug-likeness (QED) is 0.850. The van der Waals surface area contributed by atoms with Gasteiger partial charge in [0.1, 0.15) is 5.75 Å². The van der Waals surface area contributed by atoms with E-state index in [0.717, 1.165) is 0 Å². The van der Waals surface area contributed by atoms with Gasteiger partial charge in [-0.25, -0.2) is 4.98 Å². The van der Waals surface area contributed by atoms with Gasteiger partial charge in [0.05, 0.1) is 5.56 Å². The molecule has 0 bridgehead atoms. The van der Waals surface area contributed by atoms with E-state index in [0.29, 0.717) is 17.2 Å². The molecule has 2 aromatic rings. The van der Waals surface area contributed by atoms with E-state index in [1.807, 2.05) is 0 Å². The van der Waals surface area contributed by atoms with Crippen LogP contribution in [-0.4, -0.2) is 16.7 Å². The van der Waals surface area contributed by atoms with Crippen molar-refractivity contribution in [3.63, 3.8) is 0 Å². The molecule has 0 saturated heterocycles. The Hall–Kier alpha value is -2.69. The van der Waals surface area contributed by atoms with Crippen LogP contribution in [0.15, 0.2) is 42.6 Å². The topological polar surface area (TPSA) is 82.3 Å². The van der Waals surface area contributed by atoms with Crippen molar-refractivity contribution < 1.29 is 14.3 Å². The molecule has 1 amide bonds. The second-order valence-corrected chi connectivity index (χ2v) is 3.90. The van der Waals surface area contributed by atoms with Crippen molar-refractivity contribution in [3.8, 4) is 11.6 Å². The molecule has 5 heteroatoms. The minimum absolute atomic E-state index is 0.0726. The van der Waals surface area contributed by atoms with Crippen molar-refractivity contribution in [1.82, 2.24) is 4.98 Å². The van der Waals surface area contributed by atoms with Gasteiger partial charge in [-0.15, -0.1) is 0 Å². The smallest absolute Gasteiger partial charge is 0.252 e. The Morgan fingerprint density at radius 2 is 1.89 bits per heavy atom. The average molecular weight is 256 g/mol. The summed E-state index contributed by atoms with van der Waals surface area (Å²) in [4.78, 5) is 26.3. The maximum atomic E-state index is 11.2. The van der Waals surface area contributed by atoms with E-state index in [9.17, 15) is 9.59 Å². The molecule has 0 aliphatic carbocycles. The Kier molecular flexibility index (Phi) is 3.56. The zero-order valence-electron chi connectivity index (χ0n) is 10.3. The molecule has 19 heavy (non-hydrogen) atoms. The van der Waals surface area contributed by atoms with Crippen LogP contribution >= 0.6 is 0 Å². The molecule has 2 N–H and O–H groups in total. The molecule has 0 aliphatic heterocycles. The molecular weight excluding hydrogens is 244 g/mol. The number of ether oxygens (including phenoxy) is 1. The van der Waals surface area contributed by atoms with E-state index in [1.165, 1.54) is 13.1 Å². The molecule has 1 aromatic heterocycles. The summed E-state index contributed by atoms with van der Waals surface area (Å²) < 4.78 is 5.48. The Balaban J connectivity index is 2.26. The lowest BCUT2D eigenvalue weighted by Gasteiger charge is -2.08. The fraction of sp³-hybridized carbons (Fsp3) is 0.0714. The highest BCUT2D eigenvalue weighted by Crippen LogP contribution is 2.23. The molecule has 5 nitrogen and oxygen atoms in total. The van der Waals surface area contributed by atoms with E-state index in [1.54, 1.807) is 36.4 Å². The monoisotopic (exact) mass is 256 g/mol. The fourth-order valence-electron chi connectivity index (χ4n) is 1.52. The van der Waals surface area contributed by atoms with Crippen LogP contribution in [0.25, 0.3) is 0 Å². The predicted octanol–water partition coefficient (Wildman–Crippen LogP) is 2.18. The third-order valence-corrected chi connectivity index (χ3v) is 2.51. The molecule has 2 rings (SSSR count). The number of para-hydroxylation sites is 1. The van der Waals surface area contributed by atoms with Crippen LogP contribution in [0.2, 0.25) is 0 Å². The number of aromatic nitrogens is 1. The maximum Gasteiger partial charge on any atom is 0.252 e. The number of nitrogens with zero attached hydrogens (tertiary/aromatic N) is 1. The molecular formula is C14H12N2O3. The summed E-state index contributed by atoms with van der Waals surface area (Å²) >= 11 is 0. The largest absolute Gasteiger partial charge is 0.438 e. The standard InChI is InChI=1S/C14H12N2O3/c1-9(17)10-6-7-13(16-8-10)19-12-5-3-2-4-11(12)14(15)18/h2-8H,1H3,(H2,15,18). The first-order chi connectivity index (χ1) is 9.08. The zero-order valence-corrected chi connectivity index (χ0v) is 10.3. The highest BCUT2D eigenvalue weighted by Gasteiger charge is 2.10. The zero-order chi connectivity index (χ0) is 13.8.